The molecular weight excluding hydrogens is 170 g/mol. The topological polar surface area (TPSA) is 66.4 Å². The zero-order valence-electron chi connectivity index (χ0n) is 8.33. The summed E-state index contributed by atoms with van der Waals surface area (Å²) in [5.41, 5.74) is 0. The van der Waals surface area contributed by atoms with Crippen LogP contribution in [-0.4, -0.2) is 23.5 Å². The van der Waals surface area contributed by atoms with Crippen molar-refractivity contribution < 1.29 is 14.7 Å². The molecule has 0 rings (SSSR count). The Kier molecular flexibility index (Phi) is 5.11. The number of rotatable bonds is 5. The van der Waals surface area contributed by atoms with Gasteiger partial charge in [-0.3, -0.25) is 9.59 Å². The molecule has 0 saturated heterocycles. The fourth-order valence-corrected chi connectivity index (χ4v) is 0.834. The lowest BCUT2D eigenvalue weighted by Crippen LogP contribution is -2.34. The summed E-state index contributed by atoms with van der Waals surface area (Å²) in [5, 5.41) is 11.3. The third-order valence-corrected chi connectivity index (χ3v) is 1.89. The van der Waals surface area contributed by atoms with Crippen LogP contribution in [0.4, 0.5) is 0 Å². The number of hydrogen-bond acceptors (Lipinski definition) is 2. The third kappa shape index (κ3) is 4.50. The highest BCUT2D eigenvalue weighted by atomic mass is 16.4. The van der Waals surface area contributed by atoms with E-state index in [4.69, 9.17) is 5.11 Å². The first-order valence-electron chi connectivity index (χ1n) is 4.49. The second-order valence-corrected chi connectivity index (χ2v) is 3.34. The Morgan fingerprint density at radius 3 is 2.23 bits per heavy atom. The summed E-state index contributed by atoms with van der Waals surface area (Å²) in [7, 11) is 0. The lowest BCUT2D eigenvalue weighted by Gasteiger charge is -2.12. The van der Waals surface area contributed by atoms with Gasteiger partial charge in [-0.2, -0.15) is 0 Å². The molecule has 4 heteroatoms. The van der Waals surface area contributed by atoms with Crippen LogP contribution < -0.4 is 5.32 Å². The van der Waals surface area contributed by atoms with Crippen LogP contribution in [0.3, 0.4) is 0 Å². The molecule has 0 aromatic rings. The van der Waals surface area contributed by atoms with Crippen LogP contribution in [-0.2, 0) is 9.59 Å². The molecule has 0 aliphatic carbocycles. The van der Waals surface area contributed by atoms with Gasteiger partial charge in [0.05, 0.1) is 5.92 Å². The van der Waals surface area contributed by atoms with E-state index in [1.165, 1.54) is 0 Å². The van der Waals surface area contributed by atoms with E-state index in [9.17, 15) is 9.59 Å². The van der Waals surface area contributed by atoms with Gasteiger partial charge in [0.15, 0.2) is 0 Å². The Bertz CT molecular complexity index is 189. The molecule has 2 N–H and O–H groups in total. The molecule has 0 fully saturated rings. The normalized spacial score (nSPS) is 12.6. The minimum atomic E-state index is -0.855. The molecule has 0 aliphatic rings. The molecule has 0 aliphatic heterocycles. The number of amides is 1. The summed E-state index contributed by atoms with van der Waals surface area (Å²) < 4.78 is 0. The van der Waals surface area contributed by atoms with Crippen LogP contribution in [0, 0.1) is 11.8 Å². The number of carboxylic acids is 1. The van der Waals surface area contributed by atoms with Gasteiger partial charge in [0, 0.05) is 12.5 Å². The maximum Gasteiger partial charge on any atom is 0.308 e. The zero-order valence-corrected chi connectivity index (χ0v) is 8.33. The Morgan fingerprint density at radius 2 is 1.92 bits per heavy atom. The van der Waals surface area contributed by atoms with Gasteiger partial charge in [-0.25, -0.2) is 0 Å². The zero-order chi connectivity index (χ0) is 10.4. The second-order valence-electron chi connectivity index (χ2n) is 3.34. The van der Waals surface area contributed by atoms with Gasteiger partial charge in [0.2, 0.25) is 5.91 Å². The quantitative estimate of drug-likeness (QED) is 0.671. The van der Waals surface area contributed by atoms with E-state index in [1.807, 2.05) is 0 Å². The van der Waals surface area contributed by atoms with Gasteiger partial charge in [0.25, 0.3) is 0 Å². The second kappa shape index (κ2) is 5.56. The number of aliphatic carboxylic acids is 1. The summed E-state index contributed by atoms with van der Waals surface area (Å²) in [6, 6.07) is 0. The molecule has 1 atom stereocenters. The van der Waals surface area contributed by atoms with Gasteiger partial charge in [-0.1, -0.05) is 20.8 Å². The van der Waals surface area contributed by atoms with Crippen molar-refractivity contribution in [1.29, 1.82) is 0 Å². The van der Waals surface area contributed by atoms with Gasteiger partial charge in [0.1, 0.15) is 0 Å². The molecule has 0 radical (unpaired) electrons. The highest BCUT2D eigenvalue weighted by molar-refractivity contribution is 5.78. The molecule has 13 heavy (non-hydrogen) atoms. The average molecular weight is 187 g/mol. The molecular formula is C9H17NO3. The molecule has 0 spiro atoms. The van der Waals surface area contributed by atoms with Crippen molar-refractivity contribution in [2.45, 2.75) is 27.2 Å². The highest BCUT2D eigenvalue weighted by Crippen LogP contribution is 2.01. The van der Waals surface area contributed by atoms with Crippen molar-refractivity contribution in [3.05, 3.63) is 0 Å². The molecule has 1 unspecified atom stereocenters. The van der Waals surface area contributed by atoms with E-state index < -0.39 is 11.9 Å². The minimum Gasteiger partial charge on any atom is -0.481 e. The van der Waals surface area contributed by atoms with Crippen molar-refractivity contribution in [3.8, 4) is 0 Å². The first-order valence-corrected chi connectivity index (χ1v) is 4.49. The largest absolute Gasteiger partial charge is 0.481 e. The highest BCUT2D eigenvalue weighted by Gasteiger charge is 2.16. The summed E-state index contributed by atoms with van der Waals surface area (Å²) in [4.78, 5) is 21.6. The average Bonchev–Trinajstić information content (AvgIpc) is 2.04. The van der Waals surface area contributed by atoms with E-state index in [0.29, 0.717) is 6.42 Å². The number of nitrogens with one attached hydrogen (secondary N) is 1. The van der Waals surface area contributed by atoms with Crippen molar-refractivity contribution >= 4 is 11.9 Å². The summed E-state index contributed by atoms with van der Waals surface area (Å²) in [6.07, 6.45) is 0.535. The van der Waals surface area contributed by atoms with E-state index in [1.54, 1.807) is 20.8 Å². The van der Waals surface area contributed by atoms with E-state index in [0.717, 1.165) is 0 Å². The lowest BCUT2D eigenvalue weighted by molar-refractivity contribution is -0.141. The standard InChI is InChI=1S/C9H17NO3/c1-4-7(9(12)13)5-10-8(11)6(2)3/h6-7H,4-5H2,1-3H3,(H,10,11)(H,12,13). The van der Waals surface area contributed by atoms with Crippen LogP contribution in [0.5, 0.6) is 0 Å². The molecule has 4 nitrogen and oxygen atoms in total. The van der Waals surface area contributed by atoms with E-state index in [-0.39, 0.29) is 18.4 Å². The maximum atomic E-state index is 11.1. The molecule has 0 aromatic carbocycles. The third-order valence-electron chi connectivity index (χ3n) is 1.89. The van der Waals surface area contributed by atoms with Gasteiger partial charge >= 0.3 is 5.97 Å². The fourth-order valence-electron chi connectivity index (χ4n) is 0.834. The number of hydrogen-bond donors (Lipinski definition) is 2. The molecule has 0 bridgehead atoms. The van der Waals surface area contributed by atoms with Gasteiger partial charge in [-0.15, -0.1) is 0 Å². The Labute approximate surface area is 78.3 Å². The minimum absolute atomic E-state index is 0.0914. The smallest absolute Gasteiger partial charge is 0.308 e. The summed E-state index contributed by atoms with van der Waals surface area (Å²) in [6.45, 7) is 5.57. The van der Waals surface area contributed by atoms with Crippen LogP contribution in [0.25, 0.3) is 0 Å². The molecule has 0 heterocycles. The molecule has 76 valence electrons. The SMILES string of the molecule is CCC(CNC(=O)C(C)C)C(=O)O. The summed E-state index contributed by atoms with van der Waals surface area (Å²) in [5.74, 6) is -1.51. The Morgan fingerprint density at radius 1 is 1.38 bits per heavy atom. The fraction of sp³-hybridized carbons (Fsp3) is 0.778. The van der Waals surface area contributed by atoms with E-state index in [2.05, 4.69) is 5.32 Å². The van der Waals surface area contributed by atoms with Crippen molar-refractivity contribution in [2.24, 2.45) is 11.8 Å². The maximum absolute atomic E-state index is 11.1. The molecule has 0 saturated carbocycles. The van der Waals surface area contributed by atoms with Crippen LogP contribution in [0.2, 0.25) is 0 Å². The summed E-state index contributed by atoms with van der Waals surface area (Å²) >= 11 is 0. The Balaban J connectivity index is 3.85. The van der Waals surface area contributed by atoms with Crippen LogP contribution in [0.15, 0.2) is 0 Å². The first-order chi connectivity index (χ1) is 5.99. The van der Waals surface area contributed by atoms with Crippen molar-refractivity contribution in [1.82, 2.24) is 5.32 Å². The molecule has 1 amide bonds. The predicted molar refractivity (Wildman–Crippen MR) is 49.3 cm³/mol. The van der Waals surface area contributed by atoms with Crippen LogP contribution in [0.1, 0.15) is 27.2 Å². The monoisotopic (exact) mass is 187 g/mol. The molecule has 0 aromatic heterocycles. The van der Waals surface area contributed by atoms with Crippen molar-refractivity contribution in [2.75, 3.05) is 6.54 Å². The van der Waals surface area contributed by atoms with Crippen LogP contribution >= 0.6 is 0 Å². The lowest BCUT2D eigenvalue weighted by atomic mass is 10.1. The van der Waals surface area contributed by atoms with Crippen molar-refractivity contribution in [3.63, 3.8) is 0 Å². The number of carboxylic acid groups (broad SMARTS) is 1. The first kappa shape index (κ1) is 11.9. The van der Waals surface area contributed by atoms with E-state index >= 15 is 0 Å². The van der Waals surface area contributed by atoms with Gasteiger partial charge < -0.3 is 10.4 Å². The predicted octanol–water partition coefficient (Wildman–Crippen LogP) is 0.869. The number of carbonyl (C=O) groups excluding carboxylic acids is 1. The Hall–Kier alpha value is -1.06. The van der Waals surface area contributed by atoms with Gasteiger partial charge in [-0.05, 0) is 6.42 Å². The number of carbonyl (C=O) groups is 2.